The van der Waals surface area contributed by atoms with Gasteiger partial charge in [0, 0.05) is 26.3 Å². The summed E-state index contributed by atoms with van der Waals surface area (Å²) in [5, 5.41) is 4.15. The second-order valence-corrected chi connectivity index (χ2v) is 6.13. The van der Waals surface area contributed by atoms with Gasteiger partial charge in [-0.2, -0.15) is 5.10 Å². The van der Waals surface area contributed by atoms with Crippen molar-refractivity contribution in [3.05, 3.63) is 65.7 Å². The van der Waals surface area contributed by atoms with Gasteiger partial charge in [-0.3, -0.25) is 14.5 Å². The lowest BCUT2D eigenvalue weighted by Gasteiger charge is -2.26. The maximum absolute atomic E-state index is 13.0. The highest BCUT2D eigenvalue weighted by molar-refractivity contribution is 5.97. The number of pyridine rings is 1. The standard InChI is InChI=1S/C19H17FN4O/c1-23-18-10-15(11-21-17(18)12-22-23)19(25)24-8-6-14(7-9-24)13-2-4-16(20)5-3-13/h2-6,10-12H,7-9H2,1H3. The van der Waals surface area contributed by atoms with E-state index in [4.69, 9.17) is 0 Å². The molecule has 0 saturated heterocycles. The number of aromatic nitrogens is 3. The van der Waals surface area contributed by atoms with Crippen LogP contribution in [-0.2, 0) is 7.05 Å². The third kappa shape index (κ3) is 2.91. The SMILES string of the molecule is Cn1ncc2ncc(C(=O)N3CC=C(c4ccc(F)cc4)CC3)cc21. The highest BCUT2D eigenvalue weighted by atomic mass is 19.1. The van der Waals surface area contributed by atoms with Crippen molar-refractivity contribution in [2.45, 2.75) is 6.42 Å². The molecule has 6 heteroatoms. The predicted octanol–water partition coefficient (Wildman–Crippen LogP) is 3.04. The minimum absolute atomic E-state index is 0.0370. The van der Waals surface area contributed by atoms with Gasteiger partial charge in [0.25, 0.3) is 5.91 Å². The highest BCUT2D eigenvalue weighted by Crippen LogP contribution is 2.24. The number of benzene rings is 1. The molecule has 0 bridgehead atoms. The van der Waals surface area contributed by atoms with Crippen molar-refractivity contribution >= 4 is 22.5 Å². The lowest BCUT2D eigenvalue weighted by Crippen LogP contribution is -2.34. The fraction of sp³-hybridized carbons (Fsp3) is 0.211. The molecule has 5 nitrogen and oxygen atoms in total. The zero-order chi connectivity index (χ0) is 17.4. The number of fused-ring (bicyclic) bond motifs is 1. The van der Waals surface area contributed by atoms with Crippen LogP contribution in [0.25, 0.3) is 16.6 Å². The van der Waals surface area contributed by atoms with Crippen LogP contribution < -0.4 is 0 Å². The summed E-state index contributed by atoms with van der Waals surface area (Å²) < 4.78 is 14.8. The molecule has 126 valence electrons. The van der Waals surface area contributed by atoms with Crippen molar-refractivity contribution in [1.29, 1.82) is 0 Å². The summed E-state index contributed by atoms with van der Waals surface area (Å²) >= 11 is 0. The summed E-state index contributed by atoms with van der Waals surface area (Å²) in [5.41, 5.74) is 4.33. The number of carbonyl (C=O) groups is 1. The van der Waals surface area contributed by atoms with E-state index < -0.39 is 0 Å². The second-order valence-electron chi connectivity index (χ2n) is 6.13. The Morgan fingerprint density at radius 1 is 1.20 bits per heavy atom. The van der Waals surface area contributed by atoms with Gasteiger partial charge < -0.3 is 4.90 Å². The fourth-order valence-corrected chi connectivity index (χ4v) is 3.11. The highest BCUT2D eigenvalue weighted by Gasteiger charge is 2.20. The monoisotopic (exact) mass is 336 g/mol. The fourth-order valence-electron chi connectivity index (χ4n) is 3.11. The van der Waals surface area contributed by atoms with Crippen molar-refractivity contribution in [2.75, 3.05) is 13.1 Å². The molecule has 0 unspecified atom stereocenters. The van der Waals surface area contributed by atoms with Crippen LogP contribution in [0, 0.1) is 5.82 Å². The number of halogens is 1. The van der Waals surface area contributed by atoms with E-state index in [2.05, 4.69) is 10.1 Å². The van der Waals surface area contributed by atoms with Gasteiger partial charge in [0.2, 0.25) is 0 Å². The van der Waals surface area contributed by atoms with Crippen LogP contribution in [0.5, 0.6) is 0 Å². The van der Waals surface area contributed by atoms with Crippen LogP contribution in [0.2, 0.25) is 0 Å². The molecule has 0 aliphatic carbocycles. The van der Waals surface area contributed by atoms with Crippen LogP contribution in [0.3, 0.4) is 0 Å². The molecular formula is C19H17FN4O. The molecule has 1 aliphatic heterocycles. The van der Waals surface area contributed by atoms with Gasteiger partial charge in [-0.15, -0.1) is 0 Å². The zero-order valence-electron chi connectivity index (χ0n) is 13.8. The van der Waals surface area contributed by atoms with Gasteiger partial charge in [-0.05, 0) is 35.8 Å². The number of hydrogen-bond donors (Lipinski definition) is 0. The van der Waals surface area contributed by atoms with Crippen molar-refractivity contribution in [3.8, 4) is 0 Å². The van der Waals surface area contributed by atoms with E-state index in [9.17, 15) is 9.18 Å². The molecule has 4 rings (SSSR count). The zero-order valence-corrected chi connectivity index (χ0v) is 13.8. The molecule has 1 aromatic carbocycles. The molecule has 3 heterocycles. The minimum Gasteiger partial charge on any atom is -0.335 e. The number of amides is 1. The molecule has 1 aliphatic rings. The first-order chi connectivity index (χ1) is 12.1. The first-order valence-electron chi connectivity index (χ1n) is 8.14. The van der Waals surface area contributed by atoms with E-state index in [0.29, 0.717) is 18.7 Å². The van der Waals surface area contributed by atoms with E-state index in [1.54, 1.807) is 34.1 Å². The van der Waals surface area contributed by atoms with E-state index in [1.807, 2.05) is 19.2 Å². The van der Waals surface area contributed by atoms with Crippen LogP contribution >= 0.6 is 0 Å². The Bertz CT molecular complexity index is 975. The molecule has 0 atom stereocenters. The Morgan fingerprint density at radius 2 is 2.00 bits per heavy atom. The molecule has 0 N–H and O–H groups in total. The van der Waals surface area contributed by atoms with Crippen LogP contribution in [0.4, 0.5) is 4.39 Å². The number of nitrogens with zero attached hydrogens (tertiary/aromatic N) is 4. The van der Waals surface area contributed by atoms with Crippen molar-refractivity contribution in [1.82, 2.24) is 19.7 Å². The predicted molar refractivity (Wildman–Crippen MR) is 93.4 cm³/mol. The van der Waals surface area contributed by atoms with Crippen molar-refractivity contribution in [3.63, 3.8) is 0 Å². The van der Waals surface area contributed by atoms with Crippen LogP contribution in [0.15, 0.2) is 48.8 Å². The van der Waals surface area contributed by atoms with E-state index in [-0.39, 0.29) is 11.7 Å². The van der Waals surface area contributed by atoms with Gasteiger partial charge >= 0.3 is 0 Å². The molecule has 2 aromatic heterocycles. The van der Waals surface area contributed by atoms with Gasteiger partial charge in [0.15, 0.2) is 0 Å². The molecular weight excluding hydrogens is 319 g/mol. The Hall–Kier alpha value is -3.02. The molecule has 0 radical (unpaired) electrons. The average Bonchev–Trinajstić information content (AvgIpc) is 3.02. The lowest BCUT2D eigenvalue weighted by atomic mass is 9.99. The Kier molecular flexibility index (Phi) is 3.80. The summed E-state index contributed by atoms with van der Waals surface area (Å²) in [7, 11) is 1.83. The van der Waals surface area contributed by atoms with E-state index >= 15 is 0 Å². The third-order valence-corrected chi connectivity index (χ3v) is 4.56. The van der Waals surface area contributed by atoms with Crippen molar-refractivity contribution in [2.24, 2.45) is 7.05 Å². The normalized spacial score (nSPS) is 14.6. The Labute approximate surface area is 144 Å². The quantitative estimate of drug-likeness (QED) is 0.723. The Balaban J connectivity index is 1.53. The molecule has 0 fully saturated rings. The van der Waals surface area contributed by atoms with Gasteiger partial charge in [0.05, 0.1) is 17.3 Å². The molecule has 1 amide bonds. The van der Waals surface area contributed by atoms with Gasteiger partial charge in [-0.1, -0.05) is 18.2 Å². The number of rotatable bonds is 2. The second kappa shape index (κ2) is 6.12. The van der Waals surface area contributed by atoms with Crippen LogP contribution in [-0.4, -0.2) is 38.7 Å². The lowest BCUT2D eigenvalue weighted by molar-refractivity contribution is 0.0772. The first kappa shape index (κ1) is 15.5. The summed E-state index contributed by atoms with van der Waals surface area (Å²) in [6.45, 7) is 1.17. The maximum atomic E-state index is 13.0. The molecule has 25 heavy (non-hydrogen) atoms. The summed E-state index contributed by atoms with van der Waals surface area (Å²) in [6.07, 6.45) is 6.07. The molecule has 0 saturated carbocycles. The van der Waals surface area contributed by atoms with Crippen LogP contribution in [0.1, 0.15) is 22.3 Å². The smallest absolute Gasteiger partial charge is 0.255 e. The topological polar surface area (TPSA) is 51.0 Å². The number of carbonyl (C=O) groups excluding carboxylic acids is 1. The summed E-state index contributed by atoms with van der Waals surface area (Å²) in [4.78, 5) is 18.8. The number of aryl methyl sites for hydroxylation is 1. The Morgan fingerprint density at radius 3 is 2.72 bits per heavy atom. The molecule has 3 aromatic rings. The maximum Gasteiger partial charge on any atom is 0.255 e. The molecule has 0 spiro atoms. The summed E-state index contributed by atoms with van der Waals surface area (Å²) in [6, 6.07) is 8.31. The van der Waals surface area contributed by atoms with Gasteiger partial charge in [-0.25, -0.2) is 4.39 Å². The van der Waals surface area contributed by atoms with E-state index in [1.165, 1.54) is 12.1 Å². The largest absolute Gasteiger partial charge is 0.335 e. The first-order valence-corrected chi connectivity index (χ1v) is 8.14. The number of hydrogen-bond acceptors (Lipinski definition) is 3. The van der Waals surface area contributed by atoms with E-state index in [0.717, 1.165) is 28.6 Å². The average molecular weight is 336 g/mol. The minimum atomic E-state index is -0.241. The van der Waals surface area contributed by atoms with Gasteiger partial charge in [0.1, 0.15) is 11.3 Å². The third-order valence-electron chi connectivity index (χ3n) is 4.56. The van der Waals surface area contributed by atoms with Crippen molar-refractivity contribution < 1.29 is 9.18 Å². The summed E-state index contributed by atoms with van der Waals surface area (Å²) in [5.74, 6) is -0.278.